The number of hydrogen-bond acceptors (Lipinski definition) is 3. The third-order valence-electron chi connectivity index (χ3n) is 4.05. The molecule has 1 atom stereocenters. The van der Waals surface area contributed by atoms with Gasteiger partial charge in [-0.05, 0) is 38.3 Å². The van der Waals surface area contributed by atoms with E-state index in [9.17, 15) is 4.79 Å². The van der Waals surface area contributed by atoms with Gasteiger partial charge in [-0.15, -0.1) is 0 Å². The Morgan fingerprint density at radius 1 is 1.43 bits per heavy atom. The summed E-state index contributed by atoms with van der Waals surface area (Å²) in [7, 11) is 0. The van der Waals surface area contributed by atoms with E-state index < -0.39 is 0 Å². The van der Waals surface area contributed by atoms with Crippen molar-refractivity contribution < 1.29 is 9.53 Å². The fourth-order valence-electron chi connectivity index (χ4n) is 3.22. The minimum absolute atomic E-state index is 0.0735. The van der Waals surface area contributed by atoms with Crippen molar-refractivity contribution in [2.45, 2.75) is 51.8 Å². The second-order valence-corrected chi connectivity index (χ2v) is 6.07. The molecule has 4 nitrogen and oxygen atoms in total. The zero-order chi connectivity index (χ0) is 15.0. The Balaban J connectivity index is 2.03. The number of ether oxygens (including phenoxy) is 1. The first-order valence-corrected chi connectivity index (χ1v) is 7.60. The van der Waals surface area contributed by atoms with Crippen LogP contribution in [0, 0.1) is 0 Å². The highest BCUT2D eigenvalue weighted by Gasteiger charge is 2.24. The van der Waals surface area contributed by atoms with Crippen molar-refractivity contribution in [3.63, 3.8) is 0 Å². The van der Waals surface area contributed by atoms with Crippen LogP contribution in [0.4, 0.5) is 0 Å². The monoisotopic (exact) mass is 286 g/mol. The third-order valence-corrected chi connectivity index (χ3v) is 4.05. The van der Waals surface area contributed by atoms with Crippen LogP contribution in [0.15, 0.2) is 24.3 Å². The molecule has 0 spiro atoms. The molecule has 0 saturated heterocycles. The van der Waals surface area contributed by atoms with E-state index in [2.05, 4.69) is 16.7 Å². The predicted octanol–water partition coefficient (Wildman–Crippen LogP) is 2.41. The van der Waals surface area contributed by atoms with Crippen LogP contribution < -0.4 is 5.73 Å². The van der Waals surface area contributed by atoms with Gasteiger partial charge in [0.2, 0.25) is 0 Å². The minimum atomic E-state index is -0.154. The lowest BCUT2D eigenvalue weighted by molar-refractivity contribution is -0.146. The van der Waals surface area contributed by atoms with Gasteiger partial charge in [0.15, 0.2) is 0 Å². The molecule has 2 aromatic rings. The number of benzene rings is 1. The van der Waals surface area contributed by atoms with E-state index in [-0.39, 0.29) is 18.1 Å². The first-order chi connectivity index (χ1) is 10.1. The Hall–Kier alpha value is -1.81. The molecular formula is C17H22N2O2. The molecule has 1 aromatic heterocycles. The Morgan fingerprint density at radius 3 is 2.95 bits per heavy atom. The SMILES string of the molecule is CC(C)OC(=O)Cc1c2n(c3ccccc13)C[C@H](N)CC2. The molecule has 0 radical (unpaired) electrons. The molecule has 0 unspecified atom stereocenters. The van der Waals surface area contributed by atoms with Crippen LogP contribution in [0.1, 0.15) is 31.5 Å². The summed E-state index contributed by atoms with van der Waals surface area (Å²) in [6, 6.07) is 8.44. The van der Waals surface area contributed by atoms with Gasteiger partial charge in [0, 0.05) is 29.2 Å². The number of fused-ring (bicyclic) bond motifs is 3. The lowest BCUT2D eigenvalue weighted by atomic mass is 10.0. The normalized spacial score (nSPS) is 18.0. The molecule has 4 heteroatoms. The van der Waals surface area contributed by atoms with Crippen molar-refractivity contribution in [2.24, 2.45) is 5.73 Å². The second kappa shape index (κ2) is 5.53. The Bertz CT molecular complexity index is 673. The minimum Gasteiger partial charge on any atom is -0.463 e. The van der Waals surface area contributed by atoms with Crippen molar-refractivity contribution in [3.05, 3.63) is 35.5 Å². The number of para-hydroxylation sites is 1. The molecule has 2 heterocycles. The van der Waals surface area contributed by atoms with E-state index in [4.69, 9.17) is 10.5 Å². The van der Waals surface area contributed by atoms with Gasteiger partial charge in [0.25, 0.3) is 0 Å². The Kier molecular flexibility index (Phi) is 3.72. The van der Waals surface area contributed by atoms with Crippen LogP contribution in [0.3, 0.4) is 0 Å². The van der Waals surface area contributed by atoms with Crippen molar-refractivity contribution in [1.82, 2.24) is 4.57 Å². The fraction of sp³-hybridized carbons (Fsp3) is 0.471. The Morgan fingerprint density at radius 2 is 2.19 bits per heavy atom. The summed E-state index contributed by atoms with van der Waals surface area (Å²) in [5.41, 5.74) is 9.64. The maximum Gasteiger partial charge on any atom is 0.310 e. The number of hydrogen-bond donors (Lipinski definition) is 1. The topological polar surface area (TPSA) is 57.2 Å². The smallest absolute Gasteiger partial charge is 0.310 e. The molecule has 1 aromatic carbocycles. The molecule has 0 bridgehead atoms. The van der Waals surface area contributed by atoms with Crippen LogP contribution in [0.2, 0.25) is 0 Å². The molecule has 1 aliphatic heterocycles. The van der Waals surface area contributed by atoms with Crippen LogP contribution in [0.25, 0.3) is 10.9 Å². The summed E-state index contributed by atoms with van der Waals surface area (Å²) in [5, 5.41) is 1.15. The third kappa shape index (κ3) is 2.68. The van der Waals surface area contributed by atoms with Crippen molar-refractivity contribution in [3.8, 4) is 0 Å². The first-order valence-electron chi connectivity index (χ1n) is 7.60. The molecule has 0 fully saturated rings. The number of carbonyl (C=O) groups is 1. The van der Waals surface area contributed by atoms with Gasteiger partial charge in [0.1, 0.15) is 0 Å². The maximum atomic E-state index is 12.1. The van der Waals surface area contributed by atoms with Gasteiger partial charge in [-0.2, -0.15) is 0 Å². The number of nitrogens with zero attached hydrogens (tertiary/aromatic N) is 1. The summed E-state index contributed by atoms with van der Waals surface area (Å²) >= 11 is 0. The molecule has 0 amide bonds. The predicted molar refractivity (Wildman–Crippen MR) is 83.2 cm³/mol. The number of aromatic nitrogens is 1. The van der Waals surface area contributed by atoms with Crippen LogP contribution in [-0.4, -0.2) is 22.7 Å². The average molecular weight is 286 g/mol. The van der Waals surface area contributed by atoms with Crippen LogP contribution >= 0.6 is 0 Å². The van der Waals surface area contributed by atoms with E-state index >= 15 is 0 Å². The van der Waals surface area contributed by atoms with Gasteiger partial charge in [0.05, 0.1) is 12.5 Å². The average Bonchev–Trinajstić information content (AvgIpc) is 2.72. The van der Waals surface area contributed by atoms with Crippen LogP contribution in [0.5, 0.6) is 0 Å². The van der Waals surface area contributed by atoms with E-state index in [1.165, 1.54) is 11.2 Å². The molecule has 112 valence electrons. The van der Waals surface area contributed by atoms with E-state index in [1.807, 2.05) is 26.0 Å². The molecule has 21 heavy (non-hydrogen) atoms. The van der Waals surface area contributed by atoms with E-state index in [0.717, 1.165) is 30.3 Å². The van der Waals surface area contributed by atoms with Crippen LogP contribution in [-0.2, 0) is 28.9 Å². The zero-order valence-electron chi connectivity index (χ0n) is 12.6. The largest absolute Gasteiger partial charge is 0.463 e. The van der Waals surface area contributed by atoms with Gasteiger partial charge in [-0.25, -0.2) is 0 Å². The molecule has 3 rings (SSSR count). The molecule has 0 aliphatic carbocycles. The van der Waals surface area contributed by atoms with Gasteiger partial charge in [-0.1, -0.05) is 18.2 Å². The maximum absolute atomic E-state index is 12.1. The first kappa shape index (κ1) is 14.1. The number of carbonyl (C=O) groups excluding carboxylic acids is 1. The summed E-state index contributed by atoms with van der Waals surface area (Å²) in [6.07, 6.45) is 2.18. The lowest BCUT2D eigenvalue weighted by Crippen LogP contribution is -2.32. The summed E-state index contributed by atoms with van der Waals surface area (Å²) < 4.78 is 7.59. The molecule has 2 N–H and O–H groups in total. The van der Waals surface area contributed by atoms with Gasteiger partial charge < -0.3 is 15.0 Å². The van der Waals surface area contributed by atoms with Crippen molar-refractivity contribution >= 4 is 16.9 Å². The number of esters is 1. The summed E-state index contributed by atoms with van der Waals surface area (Å²) in [6.45, 7) is 4.59. The zero-order valence-corrected chi connectivity index (χ0v) is 12.6. The standard InChI is InChI=1S/C17H22N2O2/c1-11(2)21-17(20)9-14-13-5-3-4-6-15(13)19-10-12(18)7-8-16(14)19/h3-6,11-12H,7-10,18H2,1-2H3/t12-/m1/s1. The summed E-state index contributed by atoms with van der Waals surface area (Å²) in [5.74, 6) is -0.154. The molecular weight excluding hydrogens is 264 g/mol. The Labute approximate surface area is 124 Å². The molecule has 0 saturated carbocycles. The highest BCUT2D eigenvalue weighted by molar-refractivity contribution is 5.89. The lowest BCUT2D eigenvalue weighted by Gasteiger charge is -2.23. The quantitative estimate of drug-likeness (QED) is 0.882. The van der Waals surface area contributed by atoms with E-state index in [1.54, 1.807) is 0 Å². The summed E-state index contributed by atoms with van der Waals surface area (Å²) in [4.78, 5) is 12.1. The second-order valence-electron chi connectivity index (χ2n) is 6.07. The highest BCUT2D eigenvalue weighted by Crippen LogP contribution is 2.31. The van der Waals surface area contributed by atoms with Gasteiger partial charge in [-0.3, -0.25) is 4.79 Å². The highest BCUT2D eigenvalue weighted by atomic mass is 16.5. The van der Waals surface area contributed by atoms with E-state index in [0.29, 0.717) is 6.42 Å². The fourth-order valence-corrected chi connectivity index (χ4v) is 3.22. The molecule has 1 aliphatic rings. The van der Waals surface area contributed by atoms with Crippen molar-refractivity contribution in [2.75, 3.05) is 0 Å². The van der Waals surface area contributed by atoms with Gasteiger partial charge >= 0.3 is 5.97 Å². The number of nitrogens with two attached hydrogens (primary N) is 1. The number of rotatable bonds is 3. The van der Waals surface area contributed by atoms with Crippen molar-refractivity contribution in [1.29, 1.82) is 0 Å².